The molecule has 0 radical (unpaired) electrons. The lowest BCUT2D eigenvalue weighted by Gasteiger charge is -2.14. The van der Waals surface area contributed by atoms with Crippen molar-refractivity contribution >= 4 is 11.7 Å². The number of hydrogen-bond acceptors (Lipinski definition) is 5. The van der Waals surface area contributed by atoms with Crippen molar-refractivity contribution in [2.24, 2.45) is 0 Å². The highest BCUT2D eigenvalue weighted by Crippen LogP contribution is 2.13. The van der Waals surface area contributed by atoms with E-state index >= 15 is 0 Å². The number of benzene rings is 1. The molecule has 6 heteroatoms. The number of anilines is 1. The Balaban J connectivity index is 1.69. The molecule has 0 saturated carbocycles. The van der Waals surface area contributed by atoms with Crippen LogP contribution >= 0.6 is 0 Å². The van der Waals surface area contributed by atoms with Gasteiger partial charge in [0.2, 0.25) is 0 Å². The fourth-order valence-corrected chi connectivity index (χ4v) is 2.56. The maximum absolute atomic E-state index is 12.6. The molecule has 132 valence electrons. The van der Waals surface area contributed by atoms with Crippen LogP contribution in [0.4, 0.5) is 5.82 Å². The van der Waals surface area contributed by atoms with Crippen LogP contribution in [0.25, 0.3) is 0 Å². The van der Waals surface area contributed by atoms with E-state index < -0.39 is 0 Å². The monoisotopic (exact) mass is 347 g/mol. The first-order valence-corrected chi connectivity index (χ1v) is 8.46. The number of pyridine rings is 1. The van der Waals surface area contributed by atoms with Crippen LogP contribution in [-0.2, 0) is 6.54 Å². The summed E-state index contributed by atoms with van der Waals surface area (Å²) in [6.45, 7) is 4.32. The molecule has 1 atom stereocenters. The summed E-state index contributed by atoms with van der Waals surface area (Å²) in [6, 6.07) is 15.2. The number of aryl methyl sites for hydroxylation is 1. The second-order valence-corrected chi connectivity index (χ2v) is 6.00. The van der Waals surface area contributed by atoms with Crippen molar-refractivity contribution in [2.45, 2.75) is 26.4 Å². The first-order valence-electron chi connectivity index (χ1n) is 8.46. The summed E-state index contributed by atoms with van der Waals surface area (Å²) in [6.07, 6.45) is 3.48. The number of nitrogens with one attached hydrogen (secondary N) is 2. The van der Waals surface area contributed by atoms with Crippen molar-refractivity contribution < 1.29 is 4.79 Å². The molecule has 2 N–H and O–H groups in total. The Morgan fingerprint density at radius 2 is 1.81 bits per heavy atom. The molecule has 0 aliphatic carbocycles. The highest BCUT2D eigenvalue weighted by molar-refractivity contribution is 5.93. The number of nitrogens with zero attached hydrogens (tertiary/aromatic N) is 3. The Labute approximate surface area is 152 Å². The molecule has 2 heterocycles. The molecular formula is C20H21N5O. The van der Waals surface area contributed by atoms with Crippen molar-refractivity contribution in [3.63, 3.8) is 0 Å². The smallest absolute Gasteiger partial charge is 0.270 e. The Kier molecular flexibility index (Phi) is 5.53. The highest BCUT2D eigenvalue weighted by atomic mass is 16.1. The molecule has 0 spiro atoms. The molecule has 3 aromatic rings. The van der Waals surface area contributed by atoms with E-state index in [1.54, 1.807) is 25.4 Å². The third-order valence-corrected chi connectivity index (χ3v) is 3.94. The topological polar surface area (TPSA) is 79.8 Å². The molecule has 1 aromatic carbocycles. The first kappa shape index (κ1) is 17.5. The molecule has 1 amide bonds. The van der Waals surface area contributed by atoms with Gasteiger partial charge in [-0.3, -0.25) is 9.78 Å². The van der Waals surface area contributed by atoms with Gasteiger partial charge in [0.05, 0.1) is 6.04 Å². The molecular weight excluding hydrogens is 326 g/mol. The van der Waals surface area contributed by atoms with E-state index in [0.29, 0.717) is 23.9 Å². The van der Waals surface area contributed by atoms with E-state index in [9.17, 15) is 4.79 Å². The van der Waals surface area contributed by atoms with Crippen molar-refractivity contribution in [1.29, 1.82) is 0 Å². The minimum atomic E-state index is -0.223. The Hall–Kier alpha value is -3.28. The second kappa shape index (κ2) is 8.20. The molecule has 2 aromatic heterocycles. The largest absolute Gasteiger partial charge is 0.366 e. The van der Waals surface area contributed by atoms with Gasteiger partial charge >= 0.3 is 0 Å². The van der Waals surface area contributed by atoms with Gasteiger partial charge in [-0.1, -0.05) is 30.3 Å². The summed E-state index contributed by atoms with van der Waals surface area (Å²) in [7, 11) is 0. The average molecular weight is 347 g/mol. The van der Waals surface area contributed by atoms with Crippen molar-refractivity contribution in [1.82, 2.24) is 20.3 Å². The lowest BCUT2D eigenvalue weighted by Crippen LogP contribution is -2.27. The van der Waals surface area contributed by atoms with Crippen LogP contribution in [0, 0.1) is 6.92 Å². The van der Waals surface area contributed by atoms with Gasteiger partial charge in [-0.25, -0.2) is 9.97 Å². The third-order valence-electron chi connectivity index (χ3n) is 3.94. The third kappa shape index (κ3) is 4.63. The molecule has 26 heavy (non-hydrogen) atoms. The first-order chi connectivity index (χ1) is 12.6. The van der Waals surface area contributed by atoms with Crippen LogP contribution in [0.15, 0.2) is 60.9 Å². The van der Waals surface area contributed by atoms with Crippen molar-refractivity contribution in [2.75, 3.05) is 5.32 Å². The van der Waals surface area contributed by atoms with E-state index in [0.717, 1.165) is 11.1 Å². The average Bonchev–Trinajstić information content (AvgIpc) is 2.67. The Morgan fingerprint density at radius 1 is 1.08 bits per heavy atom. The van der Waals surface area contributed by atoms with Gasteiger partial charge < -0.3 is 10.6 Å². The zero-order valence-electron chi connectivity index (χ0n) is 14.8. The lowest BCUT2D eigenvalue weighted by molar-refractivity contribution is 0.0934. The lowest BCUT2D eigenvalue weighted by atomic mass is 10.1. The van der Waals surface area contributed by atoms with Crippen LogP contribution < -0.4 is 10.6 Å². The fraction of sp³-hybridized carbons (Fsp3) is 0.200. The highest BCUT2D eigenvalue weighted by Gasteiger charge is 2.14. The molecule has 0 fully saturated rings. The summed E-state index contributed by atoms with van der Waals surface area (Å²) in [5, 5.41) is 6.20. The van der Waals surface area contributed by atoms with Crippen LogP contribution in [0.3, 0.4) is 0 Å². The SMILES string of the molecule is Cc1nc(NCc2ccncc2)cc(C(=O)NC(C)c2ccccc2)n1. The summed E-state index contributed by atoms with van der Waals surface area (Å²) in [4.78, 5) is 25.2. The van der Waals surface area contributed by atoms with E-state index in [1.165, 1.54) is 0 Å². The maximum atomic E-state index is 12.6. The van der Waals surface area contributed by atoms with E-state index in [1.807, 2.05) is 49.4 Å². The van der Waals surface area contributed by atoms with Gasteiger partial charge in [0.1, 0.15) is 17.3 Å². The van der Waals surface area contributed by atoms with Gasteiger partial charge in [-0.15, -0.1) is 0 Å². The van der Waals surface area contributed by atoms with E-state index in [2.05, 4.69) is 25.6 Å². The molecule has 0 aliphatic rings. The summed E-state index contributed by atoms with van der Waals surface area (Å²) in [5.41, 5.74) is 2.47. The fourth-order valence-electron chi connectivity index (χ4n) is 2.56. The summed E-state index contributed by atoms with van der Waals surface area (Å²) >= 11 is 0. The predicted molar refractivity (Wildman–Crippen MR) is 101 cm³/mol. The molecule has 3 rings (SSSR count). The van der Waals surface area contributed by atoms with Crippen LogP contribution in [0.2, 0.25) is 0 Å². The molecule has 0 aliphatic heterocycles. The van der Waals surface area contributed by atoms with Gasteiger partial charge in [0.25, 0.3) is 5.91 Å². The van der Waals surface area contributed by atoms with Crippen LogP contribution in [-0.4, -0.2) is 20.9 Å². The van der Waals surface area contributed by atoms with E-state index in [-0.39, 0.29) is 11.9 Å². The molecule has 6 nitrogen and oxygen atoms in total. The number of aromatic nitrogens is 3. The summed E-state index contributed by atoms with van der Waals surface area (Å²) in [5.74, 6) is 0.938. The van der Waals surface area contributed by atoms with Crippen molar-refractivity contribution in [3.8, 4) is 0 Å². The number of hydrogen-bond donors (Lipinski definition) is 2. The standard InChI is InChI=1S/C20H21N5O/c1-14(17-6-4-3-5-7-17)23-20(26)18-12-19(25-15(2)24-18)22-13-16-8-10-21-11-9-16/h3-12,14H,13H2,1-2H3,(H,23,26)(H,22,24,25). The minimum Gasteiger partial charge on any atom is -0.366 e. The Morgan fingerprint density at radius 3 is 2.54 bits per heavy atom. The summed E-state index contributed by atoms with van der Waals surface area (Å²) < 4.78 is 0. The predicted octanol–water partition coefficient (Wildman–Crippen LogP) is 3.28. The van der Waals surface area contributed by atoms with Crippen LogP contribution in [0.1, 0.15) is 40.4 Å². The zero-order valence-corrected chi connectivity index (χ0v) is 14.8. The van der Waals surface area contributed by atoms with Gasteiger partial charge in [0.15, 0.2) is 0 Å². The van der Waals surface area contributed by atoms with Gasteiger partial charge in [-0.2, -0.15) is 0 Å². The normalized spacial score (nSPS) is 11.6. The van der Waals surface area contributed by atoms with Crippen molar-refractivity contribution in [3.05, 3.63) is 83.6 Å². The van der Waals surface area contributed by atoms with Gasteiger partial charge in [-0.05, 0) is 37.1 Å². The Bertz CT molecular complexity index is 868. The zero-order chi connectivity index (χ0) is 18.4. The number of amides is 1. The minimum absolute atomic E-state index is 0.104. The number of rotatable bonds is 6. The maximum Gasteiger partial charge on any atom is 0.270 e. The quantitative estimate of drug-likeness (QED) is 0.715. The molecule has 0 saturated heterocycles. The molecule has 0 bridgehead atoms. The van der Waals surface area contributed by atoms with E-state index in [4.69, 9.17) is 0 Å². The number of carbonyl (C=O) groups excluding carboxylic acids is 1. The number of carbonyl (C=O) groups is 1. The van der Waals surface area contributed by atoms with Gasteiger partial charge in [0, 0.05) is 25.0 Å². The second-order valence-electron chi connectivity index (χ2n) is 6.00. The molecule has 1 unspecified atom stereocenters. The van der Waals surface area contributed by atoms with Crippen LogP contribution in [0.5, 0.6) is 0 Å².